The van der Waals surface area contributed by atoms with Crippen molar-refractivity contribution < 1.29 is 19.0 Å². The maximum Gasteiger partial charge on any atom is 0.251 e. The van der Waals surface area contributed by atoms with Gasteiger partial charge >= 0.3 is 0 Å². The van der Waals surface area contributed by atoms with Crippen molar-refractivity contribution in [1.82, 2.24) is 16.0 Å². The molecule has 0 atom stereocenters. The monoisotopic (exact) mass is 542 g/mol. The molecule has 2 aromatic rings. The molecule has 31 heavy (non-hydrogen) atoms. The second-order valence-corrected chi connectivity index (χ2v) is 6.40. The molecule has 0 aliphatic carbocycles. The second-order valence-electron chi connectivity index (χ2n) is 6.40. The van der Waals surface area contributed by atoms with E-state index in [0.717, 1.165) is 17.5 Å². The van der Waals surface area contributed by atoms with Gasteiger partial charge in [0.2, 0.25) is 0 Å². The smallest absolute Gasteiger partial charge is 0.251 e. The Morgan fingerprint density at radius 2 is 1.65 bits per heavy atom. The van der Waals surface area contributed by atoms with Gasteiger partial charge in [0.25, 0.3) is 5.91 Å². The summed E-state index contributed by atoms with van der Waals surface area (Å²) in [5.74, 6) is 2.51. The molecule has 2 rings (SSSR count). The highest BCUT2D eigenvalue weighted by atomic mass is 127. The van der Waals surface area contributed by atoms with Gasteiger partial charge in [0, 0.05) is 44.4 Å². The van der Waals surface area contributed by atoms with Crippen molar-refractivity contribution in [3.8, 4) is 17.2 Å². The first-order valence-corrected chi connectivity index (χ1v) is 9.60. The van der Waals surface area contributed by atoms with Crippen LogP contribution in [0.4, 0.5) is 0 Å². The Kier molecular flexibility index (Phi) is 11.5. The van der Waals surface area contributed by atoms with E-state index in [1.54, 1.807) is 47.6 Å². The van der Waals surface area contributed by atoms with E-state index in [1.165, 1.54) is 0 Å². The van der Waals surface area contributed by atoms with E-state index in [-0.39, 0.29) is 29.9 Å². The summed E-state index contributed by atoms with van der Waals surface area (Å²) in [6, 6.07) is 11.3. The zero-order valence-corrected chi connectivity index (χ0v) is 20.9. The van der Waals surface area contributed by atoms with E-state index in [2.05, 4.69) is 20.9 Å². The normalized spacial score (nSPS) is 10.5. The third-order valence-corrected chi connectivity index (χ3v) is 4.58. The van der Waals surface area contributed by atoms with Crippen LogP contribution in [-0.2, 0) is 13.0 Å². The quantitative estimate of drug-likeness (QED) is 0.257. The summed E-state index contributed by atoms with van der Waals surface area (Å²) in [5, 5.41) is 9.19. The van der Waals surface area contributed by atoms with Crippen molar-refractivity contribution in [1.29, 1.82) is 0 Å². The predicted molar refractivity (Wildman–Crippen MR) is 133 cm³/mol. The van der Waals surface area contributed by atoms with Gasteiger partial charge in [0.05, 0.1) is 21.3 Å². The number of ether oxygens (including phenoxy) is 3. The Labute approximate surface area is 200 Å². The van der Waals surface area contributed by atoms with Gasteiger partial charge in [-0.1, -0.05) is 12.1 Å². The lowest BCUT2D eigenvalue weighted by atomic mass is 10.1. The number of carbonyl (C=O) groups excluding carboxylic acids is 1. The topological polar surface area (TPSA) is 93.2 Å². The van der Waals surface area contributed by atoms with Crippen LogP contribution < -0.4 is 30.2 Å². The first-order chi connectivity index (χ1) is 14.6. The first kappa shape index (κ1) is 26.3. The molecule has 1 amide bonds. The molecule has 0 aromatic heterocycles. The Balaban J connectivity index is 0.00000480. The molecule has 0 spiro atoms. The van der Waals surface area contributed by atoms with Crippen LogP contribution in [0, 0.1) is 0 Å². The van der Waals surface area contributed by atoms with E-state index in [4.69, 9.17) is 14.2 Å². The molecule has 0 unspecified atom stereocenters. The fourth-order valence-corrected chi connectivity index (χ4v) is 2.97. The zero-order chi connectivity index (χ0) is 21.9. The number of hydrogen-bond acceptors (Lipinski definition) is 5. The highest BCUT2D eigenvalue weighted by Crippen LogP contribution is 2.34. The maximum absolute atomic E-state index is 11.8. The van der Waals surface area contributed by atoms with Crippen LogP contribution >= 0.6 is 24.0 Å². The molecule has 0 heterocycles. The van der Waals surface area contributed by atoms with Crippen molar-refractivity contribution in [2.45, 2.75) is 13.0 Å². The van der Waals surface area contributed by atoms with Gasteiger partial charge in [-0.25, -0.2) is 0 Å². The average molecular weight is 542 g/mol. The number of methoxy groups -OCH3 is 3. The van der Waals surface area contributed by atoms with Crippen LogP contribution in [0.25, 0.3) is 0 Å². The van der Waals surface area contributed by atoms with E-state index in [0.29, 0.717) is 41.9 Å². The molecule has 0 saturated carbocycles. The van der Waals surface area contributed by atoms with Gasteiger partial charge in [0.1, 0.15) is 5.75 Å². The number of halogens is 1. The summed E-state index contributed by atoms with van der Waals surface area (Å²) in [6.45, 7) is 1.16. The minimum atomic E-state index is -0.0915. The van der Waals surface area contributed by atoms with Crippen LogP contribution in [0.1, 0.15) is 21.5 Å². The SMILES string of the molecule is CN=C(NCCc1cccc(C(=O)NC)c1)NCc1cc(OC)c(OC)cc1OC.I. The summed E-state index contributed by atoms with van der Waals surface area (Å²) in [7, 11) is 8.14. The highest BCUT2D eigenvalue weighted by molar-refractivity contribution is 14.0. The molecule has 2 aromatic carbocycles. The number of aliphatic imine (C=N–C) groups is 1. The van der Waals surface area contributed by atoms with Crippen molar-refractivity contribution in [3.05, 3.63) is 53.1 Å². The molecule has 170 valence electrons. The van der Waals surface area contributed by atoms with E-state index < -0.39 is 0 Å². The summed E-state index contributed by atoms with van der Waals surface area (Å²) >= 11 is 0. The summed E-state index contributed by atoms with van der Waals surface area (Å²) < 4.78 is 16.2. The van der Waals surface area contributed by atoms with Crippen molar-refractivity contribution >= 4 is 35.8 Å². The highest BCUT2D eigenvalue weighted by Gasteiger charge is 2.12. The van der Waals surface area contributed by atoms with Crippen LogP contribution in [0.5, 0.6) is 17.2 Å². The zero-order valence-electron chi connectivity index (χ0n) is 18.6. The molecular weight excluding hydrogens is 511 g/mol. The number of amides is 1. The predicted octanol–water partition coefficient (Wildman–Crippen LogP) is 2.60. The number of nitrogens with zero attached hydrogens (tertiary/aromatic N) is 1. The van der Waals surface area contributed by atoms with Crippen LogP contribution in [-0.4, -0.2) is 53.8 Å². The summed E-state index contributed by atoms with van der Waals surface area (Å²) in [4.78, 5) is 16.0. The standard InChI is InChI=1S/C22H30N4O4.HI/c1-23-21(27)16-8-6-7-15(11-16)9-10-25-22(24-2)26-14-17-12-19(29-4)20(30-5)13-18(17)28-3;/h6-8,11-13H,9-10,14H2,1-5H3,(H,23,27)(H2,24,25,26);1H. The minimum absolute atomic E-state index is 0. The van der Waals surface area contributed by atoms with Crippen LogP contribution in [0.15, 0.2) is 41.4 Å². The summed E-state index contributed by atoms with van der Waals surface area (Å²) in [5.41, 5.74) is 2.63. The second kappa shape index (κ2) is 13.6. The minimum Gasteiger partial charge on any atom is -0.496 e. The molecule has 3 N–H and O–H groups in total. The third kappa shape index (κ3) is 7.50. The first-order valence-electron chi connectivity index (χ1n) is 9.60. The molecule has 8 nitrogen and oxygen atoms in total. The van der Waals surface area contributed by atoms with Gasteiger partial charge in [-0.05, 0) is 30.2 Å². The number of benzene rings is 2. The largest absolute Gasteiger partial charge is 0.496 e. The van der Waals surface area contributed by atoms with Crippen LogP contribution in [0.3, 0.4) is 0 Å². The van der Waals surface area contributed by atoms with Gasteiger partial charge in [-0.15, -0.1) is 24.0 Å². The van der Waals surface area contributed by atoms with E-state index in [1.807, 2.05) is 24.3 Å². The molecule has 0 bridgehead atoms. The fourth-order valence-electron chi connectivity index (χ4n) is 2.97. The van der Waals surface area contributed by atoms with Gasteiger partial charge in [-0.2, -0.15) is 0 Å². The maximum atomic E-state index is 11.8. The fraction of sp³-hybridized carbons (Fsp3) is 0.364. The van der Waals surface area contributed by atoms with Gasteiger partial charge in [0.15, 0.2) is 17.5 Å². The molecular formula is C22H31IN4O4. The van der Waals surface area contributed by atoms with E-state index in [9.17, 15) is 4.79 Å². The molecule has 0 saturated heterocycles. The Morgan fingerprint density at radius 3 is 2.26 bits per heavy atom. The van der Waals surface area contributed by atoms with Crippen molar-refractivity contribution in [2.24, 2.45) is 4.99 Å². The third-order valence-electron chi connectivity index (χ3n) is 4.58. The summed E-state index contributed by atoms with van der Waals surface area (Å²) in [6.07, 6.45) is 0.755. The van der Waals surface area contributed by atoms with Gasteiger partial charge in [-0.3, -0.25) is 9.79 Å². The number of rotatable bonds is 9. The Morgan fingerprint density at radius 1 is 0.968 bits per heavy atom. The number of carbonyl (C=O) groups is 1. The molecule has 9 heteroatoms. The lowest BCUT2D eigenvalue weighted by Crippen LogP contribution is -2.38. The van der Waals surface area contributed by atoms with Gasteiger partial charge < -0.3 is 30.2 Å². The van der Waals surface area contributed by atoms with Crippen molar-refractivity contribution in [2.75, 3.05) is 42.0 Å². The lowest BCUT2D eigenvalue weighted by molar-refractivity contribution is 0.0963. The number of nitrogens with one attached hydrogen (secondary N) is 3. The molecule has 0 aliphatic rings. The van der Waals surface area contributed by atoms with Crippen molar-refractivity contribution in [3.63, 3.8) is 0 Å². The molecule has 0 radical (unpaired) electrons. The number of hydrogen-bond donors (Lipinski definition) is 3. The Hall–Kier alpha value is -2.69. The lowest BCUT2D eigenvalue weighted by Gasteiger charge is -2.16. The number of guanidine groups is 1. The van der Waals surface area contributed by atoms with Crippen LogP contribution in [0.2, 0.25) is 0 Å². The average Bonchev–Trinajstić information content (AvgIpc) is 2.80. The Bertz CT molecular complexity index is 890. The molecule has 0 fully saturated rings. The van der Waals surface area contributed by atoms with E-state index >= 15 is 0 Å². The molecule has 0 aliphatic heterocycles.